The molecule has 0 saturated carbocycles. The maximum absolute atomic E-state index is 12.9. The van der Waals surface area contributed by atoms with Crippen LogP contribution in [0.3, 0.4) is 0 Å². The van der Waals surface area contributed by atoms with Crippen LogP contribution in [-0.2, 0) is 12.4 Å². The lowest BCUT2D eigenvalue weighted by Gasteiger charge is -2.18. The first-order valence-electron chi connectivity index (χ1n) is 6.51. The highest BCUT2D eigenvalue weighted by Crippen LogP contribution is 2.39. The molecular weight excluding hydrogens is 336 g/mol. The molecule has 0 aliphatic carbocycles. The Morgan fingerprint density at radius 1 is 0.792 bits per heavy atom. The van der Waals surface area contributed by atoms with Gasteiger partial charge in [0, 0.05) is 4.91 Å². The third kappa shape index (κ3) is 3.99. The second kappa shape index (κ2) is 6.45. The number of alkyl halides is 6. The molecule has 3 nitrogen and oxygen atoms in total. The normalized spacial score (nSPS) is 13.2. The van der Waals surface area contributed by atoms with Crippen molar-refractivity contribution in [1.29, 1.82) is 0 Å². The summed E-state index contributed by atoms with van der Waals surface area (Å²) >= 11 is 0. The number of rotatable bonds is 3. The molecule has 2 aromatic carbocycles. The van der Waals surface area contributed by atoms with E-state index >= 15 is 0 Å². The molecule has 0 fully saturated rings. The van der Waals surface area contributed by atoms with E-state index in [1.165, 1.54) is 24.3 Å². The lowest BCUT2D eigenvalue weighted by atomic mass is 9.95. The summed E-state index contributed by atoms with van der Waals surface area (Å²) in [7, 11) is 0. The van der Waals surface area contributed by atoms with Gasteiger partial charge in [0.05, 0.1) is 17.2 Å². The zero-order valence-electron chi connectivity index (χ0n) is 11.8. The lowest BCUT2D eigenvalue weighted by Crippen LogP contribution is -2.13. The van der Waals surface area contributed by atoms with E-state index in [1.54, 1.807) is 6.07 Å². The first-order chi connectivity index (χ1) is 11.1. The molecule has 2 aromatic rings. The van der Waals surface area contributed by atoms with Crippen molar-refractivity contribution in [2.24, 2.45) is 5.11 Å². The highest BCUT2D eigenvalue weighted by molar-refractivity contribution is 5.39. The van der Waals surface area contributed by atoms with Crippen LogP contribution in [0.4, 0.5) is 26.3 Å². The first-order valence-corrected chi connectivity index (χ1v) is 6.51. The summed E-state index contributed by atoms with van der Waals surface area (Å²) in [5, 5.41) is 3.36. The van der Waals surface area contributed by atoms with Crippen molar-refractivity contribution < 1.29 is 26.3 Å². The molecule has 126 valence electrons. The molecule has 0 saturated heterocycles. The van der Waals surface area contributed by atoms with Gasteiger partial charge in [0.25, 0.3) is 0 Å². The summed E-state index contributed by atoms with van der Waals surface area (Å²) in [6.45, 7) is 0. The van der Waals surface area contributed by atoms with Crippen molar-refractivity contribution in [2.75, 3.05) is 0 Å². The predicted octanol–water partition coefficient (Wildman–Crippen LogP) is 6.12. The van der Waals surface area contributed by atoms with E-state index in [4.69, 9.17) is 5.53 Å². The van der Waals surface area contributed by atoms with E-state index in [2.05, 4.69) is 10.0 Å². The number of azide groups is 1. The average Bonchev–Trinajstić information content (AvgIpc) is 2.51. The first kappa shape index (κ1) is 17.7. The smallest absolute Gasteiger partial charge is 0.166 e. The van der Waals surface area contributed by atoms with Crippen molar-refractivity contribution in [3.63, 3.8) is 0 Å². The van der Waals surface area contributed by atoms with E-state index in [-0.39, 0.29) is 17.2 Å². The topological polar surface area (TPSA) is 48.8 Å². The quantitative estimate of drug-likeness (QED) is 0.278. The van der Waals surface area contributed by atoms with Gasteiger partial charge in [-0.15, -0.1) is 0 Å². The van der Waals surface area contributed by atoms with Crippen LogP contribution in [0.5, 0.6) is 0 Å². The molecule has 0 bridgehead atoms. The minimum absolute atomic E-state index is 0.0294. The molecule has 0 heterocycles. The number of halogens is 6. The third-order valence-corrected chi connectivity index (χ3v) is 3.21. The van der Waals surface area contributed by atoms with Crippen LogP contribution in [0.1, 0.15) is 28.3 Å². The SMILES string of the molecule is [N-]=[N+]=NC(c1ccccc1)c1cc(C(F)(F)F)cc(C(F)(F)F)c1. The predicted molar refractivity (Wildman–Crippen MR) is 73.9 cm³/mol. The molecule has 9 heteroatoms. The Hall–Kier alpha value is -2.67. The Balaban J connectivity index is 2.68. The van der Waals surface area contributed by atoms with Gasteiger partial charge in [-0.05, 0) is 34.9 Å². The number of hydrogen-bond acceptors (Lipinski definition) is 1. The summed E-state index contributed by atoms with van der Waals surface area (Å²) in [6, 6.07) is 7.43. The van der Waals surface area contributed by atoms with Crippen LogP contribution in [-0.4, -0.2) is 0 Å². The van der Waals surface area contributed by atoms with Gasteiger partial charge in [0.15, 0.2) is 0 Å². The molecule has 0 N–H and O–H groups in total. The standard InChI is InChI=1S/C15H9F6N3/c16-14(17,18)11-6-10(7-12(8-11)15(19,20)21)13(23-24-22)9-4-2-1-3-5-9/h1-8,13H. The van der Waals surface area contributed by atoms with Gasteiger partial charge >= 0.3 is 12.4 Å². The molecule has 0 aliphatic heterocycles. The largest absolute Gasteiger partial charge is 0.416 e. The van der Waals surface area contributed by atoms with Gasteiger partial charge < -0.3 is 0 Å². The maximum atomic E-state index is 12.9. The molecule has 0 aromatic heterocycles. The van der Waals surface area contributed by atoms with Crippen LogP contribution < -0.4 is 0 Å². The van der Waals surface area contributed by atoms with Crippen molar-refractivity contribution in [1.82, 2.24) is 0 Å². The fourth-order valence-corrected chi connectivity index (χ4v) is 2.15. The van der Waals surface area contributed by atoms with E-state index < -0.39 is 29.5 Å². The van der Waals surface area contributed by atoms with Crippen LogP contribution >= 0.6 is 0 Å². The number of nitrogens with zero attached hydrogens (tertiary/aromatic N) is 3. The molecule has 0 aliphatic rings. The molecular formula is C15H9F6N3. The molecule has 1 unspecified atom stereocenters. The minimum atomic E-state index is -4.96. The van der Waals surface area contributed by atoms with Crippen molar-refractivity contribution in [2.45, 2.75) is 18.4 Å². The lowest BCUT2D eigenvalue weighted by molar-refractivity contribution is -0.143. The Morgan fingerprint density at radius 3 is 1.71 bits per heavy atom. The Bertz CT molecular complexity index is 729. The van der Waals surface area contributed by atoms with Gasteiger partial charge in [-0.3, -0.25) is 0 Å². The van der Waals surface area contributed by atoms with E-state index in [1.807, 2.05) is 0 Å². The molecule has 2 rings (SSSR count). The summed E-state index contributed by atoms with van der Waals surface area (Å²) in [5.74, 6) is 0. The van der Waals surface area contributed by atoms with Gasteiger partial charge in [-0.1, -0.05) is 35.4 Å². The van der Waals surface area contributed by atoms with Gasteiger partial charge in [-0.2, -0.15) is 26.3 Å². The van der Waals surface area contributed by atoms with Crippen LogP contribution in [0.25, 0.3) is 10.4 Å². The zero-order valence-corrected chi connectivity index (χ0v) is 11.8. The van der Waals surface area contributed by atoms with Crippen molar-refractivity contribution in [3.05, 3.63) is 81.2 Å². The fraction of sp³-hybridized carbons (Fsp3) is 0.200. The average molecular weight is 345 g/mol. The van der Waals surface area contributed by atoms with Crippen molar-refractivity contribution >= 4 is 0 Å². The van der Waals surface area contributed by atoms with Crippen LogP contribution in [0.15, 0.2) is 53.6 Å². The van der Waals surface area contributed by atoms with Crippen LogP contribution in [0.2, 0.25) is 0 Å². The summed E-state index contributed by atoms with van der Waals surface area (Å²) in [6.07, 6.45) is -9.93. The summed E-state index contributed by atoms with van der Waals surface area (Å²) in [5.41, 5.74) is 5.61. The van der Waals surface area contributed by atoms with Gasteiger partial charge in [-0.25, -0.2) is 0 Å². The van der Waals surface area contributed by atoms with E-state index in [0.29, 0.717) is 12.1 Å². The van der Waals surface area contributed by atoms with Crippen molar-refractivity contribution in [3.8, 4) is 0 Å². The van der Waals surface area contributed by atoms with E-state index in [9.17, 15) is 26.3 Å². The Morgan fingerprint density at radius 2 is 1.29 bits per heavy atom. The highest BCUT2D eigenvalue weighted by Gasteiger charge is 2.37. The molecule has 0 amide bonds. The second-order valence-electron chi connectivity index (χ2n) is 4.86. The summed E-state index contributed by atoms with van der Waals surface area (Å²) < 4.78 is 77.5. The minimum Gasteiger partial charge on any atom is -0.166 e. The maximum Gasteiger partial charge on any atom is 0.416 e. The number of hydrogen-bond donors (Lipinski definition) is 0. The monoisotopic (exact) mass is 345 g/mol. The molecule has 24 heavy (non-hydrogen) atoms. The second-order valence-corrected chi connectivity index (χ2v) is 4.86. The Labute approximate surface area is 132 Å². The zero-order chi connectivity index (χ0) is 18.0. The van der Waals surface area contributed by atoms with E-state index in [0.717, 1.165) is 0 Å². The molecule has 0 radical (unpaired) electrons. The van der Waals surface area contributed by atoms with Gasteiger partial charge in [0.2, 0.25) is 0 Å². The highest BCUT2D eigenvalue weighted by atomic mass is 19.4. The number of benzene rings is 2. The molecule has 0 spiro atoms. The van der Waals surface area contributed by atoms with Crippen LogP contribution in [0, 0.1) is 0 Å². The summed E-state index contributed by atoms with van der Waals surface area (Å²) in [4.78, 5) is 2.53. The third-order valence-electron chi connectivity index (χ3n) is 3.21. The molecule has 1 atom stereocenters. The Kier molecular flexibility index (Phi) is 4.75. The fourth-order valence-electron chi connectivity index (χ4n) is 2.15. The van der Waals surface area contributed by atoms with Gasteiger partial charge in [0.1, 0.15) is 0 Å².